The Morgan fingerprint density at radius 1 is 1.17 bits per heavy atom. The van der Waals surface area contributed by atoms with Crippen LogP contribution in [-0.2, 0) is 0 Å². The summed E-state index contributed by atoms with van der Waals surface area (Å²) in [4.78, 5) is 11.2. The number of carboxylic acids is 1. The average Bonchev–Trinajstić information content (AvgIpc) is 2.37. The molecule has 0 heterocycles. The fourth-order valence-corrected chi connectivity index (χ4v) is 1.97. The van der Waals surface area contributed by atoms with Crippen molar-refractivity contribution in [2.24, 2.45) is 0 Å². The molecule has 0 aliphatic heterocycles. The van der Waals surface area contributed by atoms with Crippen molar-refractivity contribution >= 4 is 5.97 Å². The molecule has 2 aromatic rings. The van der Waals surface area contributed by atoms with Crippen molar-refractivity contribution in [3.05, 3.63) is 53.6 Å². The Morgan fingerprint density at radius 3 is 2.50 bits per heavy atom. The summed E-state index contributed by atoms with van der Waals surface area (Å²) in [7, 11) is 1.49. The molecule has 2 rings (SSSR count). The lowest BCUT2D eigenvalue weighted by Gasteiger charge is -2.11. The molecule has 0 aliphatic rings. The predicted molar refractivity (Wildman–Crippen MR) is 70.1 cm³/mol. The van der Waals surface area contributed by atoms with Crippen molar-refractivity contribution in [2.45, 2.75) is 6.92 Å². The van der Waals surface area contributed by atoms with Crippen molar-refractivity contribution in [3.63, 3.8) is 0 Å². The summed E-state index contributed by atoms with van der Waals surface area (Å²) in [5, 5.41) is 9.14. The van der Waals surface area contributed by atoms with Crippen LogP contribution in [0.4, 0.5) is 0 Å². The van der Waals surface area contributed by atoms with Crippen LogP contribution in [0.3, 0.4) is 0 Å². The molecule has 3 heteroatoms. The summed E-state index contributed by atoms with van der Waals surface area (Å²) >= 11 is 0. The lowest BCUT2D eigenvalue weighted by atomic mass is 10.00. The highest BCUT2D eigenvalue weighted by atomic mass is 16.5. The van der Waals surface area contributed by atoms with Gasteiger partial charge in [-0.2, -0.15) is 0 Å². The molecule has 92 valence electrons. The highest BCUT2D eigenvalue weighted by molar-refractivity contribution is 5.94. The van der Waals surface area contributed by atoms with E-state index in [1.165, 1.54) is 7.11 Å². The van der Waals surface area contributed by atoms with Gasteiger partial charge in [0.1, 0.15) is 11.3 Å². The highest BCUT2D eigenvalue weighted by Crippen LogP contribution is 2.33. The zero-order valence-corrected chi connectivity index (χ0v) is 10.3. The zero-order chi connectivity index (χ0) is 13.1. The number of para-hydroxylation sites is 1. The summed E-state index contributed by atoms with van der Waals surface area (Å²) in [6, 6.07) is 13.0. The maximum absolute atomic E-state index is 11.2. The number of carboxylic acid groups (broad SMARTS) is 1. The van der Waals surface area contributed by atoms with Crippen LogP contribution in [0.5, 0.6) is 5.75 Å². The van der Waals surface area contributed by atoms with E-state index in [9.17, 15) is 4.79 Å². The fraction of sp³-hybridized carbons (Fsp3) is 0.133. The normalized spacial score (nSPS) is 10.1. The van der Waals surface area contributed by atoms with Crippen LogP contribution < -0.4 is 4.74 Å². The van der Waals surface area contributed by atoms with Gasteiger partial charge in [0.2, 0.25) is 0 Å². The molecule has 18 heavy (non-hydrogen) atoms. The van der Waals surface area contributed by atoms with Crippen LogP contribution in [-0.4, -0.2) is 18.2 Å². The number of hydrogen-bond acceptors (Lipinski definition) is 2. The maximum atomic E-state index is 11.2. The van der Waals surface area contributed by atoms with Gasteiger partial charge in [0.05, 0.1) is 7.11 Å². The maximum Gasteiger partial charge on any atom is 0.339 e. The second-order valence-electron chi connectivity index (χ2n) is 4.06. The van der Waals surface area contributed by atoms with E-state index in [0.29, 0.717) is 5.75 Å². The van der Waals surface area contributed by atoms with E-state index in [1.807, 2.05) is 37.3 Å². The van der Waals surface area contributed by atoms with E-state index in [2.05, 4.69) is 0 Å². The SMILES string of the molecule is COc1c(C(=O)O)cccc1-c1cccc(C)c1. The molecular formula is C15H14O3. The Kier molecular flexibility index (Phi) is 3.33. The molecule has 0 saturated carbocycles. The largest absolute Gasteiger partial charge is 0.495 e. The number of aromatic carboxylic acids is 1. The van der Waals surface area contributed by atoms with Crippen LogP contribution >= 0.6 is 0 Å². The number of ether oxygens (including phenoxy) is 1. The van der Waals surface area contributed by atoms with E-state index in [0.717, 1.165) is 16.7 Å². The van der Waals surface area contributed by atoms with Crippen LogP contribution in [0.15, 0.2) is 42.5 Å². The van der Waals surface area contributed by atoms with Gasteiger partial charge in [-0.1, -0.05) is 42.0 Å². The number of benzene rings is 2. The number of hydrogen-bond donors (Lipinski definition) is 1. The van der Waals surface area contributed by atoms with Gasteiger partial charge in [-0.25, -0.2) is 4.79 Å². The number of methoxy groups -OCH3 is 1. The third-order valence-corrected chi connectivity index (χ3v) is 2.78. The van der Waals surface area contributed by atoms with E-state index in [1.54, 1.807) is 12.1 Å². The van der Waals surface area contributed by atoms with Crippen LogP contribution in [0.1, 0.15) is 15.9 Å². The highest BCUT2D eigenvalue weighted by Gasteiger charge is 2.15. The van der Waals surface area contributed by atoms with Crippen molar-refractivity contribution in [1.29, 1.82) is 0 Å². The first-order valence-electron chi connectivity index (χ1n) is 5.61. The van der Waals surface area contributed by atoms with Crippen LogP contribution in [0, 0.1) is 6.92 Å². The summed E-state index contributed by atoms with van der Waals surface area (Å²) in [5.41, 5.74) is 3.04. The van der Waals surface area contributed by atoms with Gasteiger partial charge >= 0.3 is 5.97 Å². The fourth-order valence-electron chi connectivity index (χ4n) is 1.97. The number of carbonyl (C=O) groups is 1. The van der Waals surface area contributed by atoms with Gasteiger partial charge in [-0.3, -0.25) is 0 Å². The van der Waals surface area contributed by atoms with E-state index >= 15 is 0 Å². The molecule has 0 radical (unpaired) electrons. The minimum Gasteiger partial charge on any atom is -0.495 e. The molecule has 2 aromatic carbocycles. The van der Waals surface area contributed by atoms with Gasteiger partial charge in [-0.15, -0.1) is 0 Å². The second kappa shape index (κ2) is 4.92. The Bertz CT molecular complexity index is 588. The molecule has 0 bridgehead atoms. The monoisotopic (exact) mass is 242 g/mol. The summed E-state index contributed by atoms with van der Waals surface area (Å²) < 4.78 is 5.25. The average molecular weight is 242 g/mol. The van der Waals surface area contributed by atoms with Crippen LogP contribution in [0.2, 0.25) is 0 Å². The van der Waals surface area contributed by atoms with Crippen molar-refractivity contribution in [3.8, 4) is 16.9 Å². The van der Waals surface area contributed by atoms with Crippen molar-refractivity contribution in [2.75, 3.05) is 7.11 Å². The Hall–Kier alpha value is -2.29. The number of rotatable bonds is 3. The molecule has 0 atom stereocenters. The van der Waals surface area contributed by atoms with E-state index < -0.39 is 5.97 Å². The van der Waals surface area contributed by atoms with E-state index in [4.69, 9.17) is 9.84 Å². The van der Waals surface area contributed by atoms with Crippen molar-refractivity contribution in [1.82, 2.24) is 0 Å². The second-order valence-corrected chi connectivity index (χ2v) is 4.06. The number of aryl methyl sites for hydroxylation is 1. The minimum absolute atomic E-state index is 0.177. The van der Waals surface area contributed by atoms with Gasteiger partial charge in [0.15, 0.2) is 0 Å². The first-order chi connectivity index (χ1) is 8.63. The molecule has 0 aromatic heterocycles. The molecule has 0 saturated heterocycles. The predicted octanol–water partition coefficient (Wildman–Crippen LogP) is 3.37. The third kappa shape index (κ3) is 2.20. The molecule has 1 N–H and O–H groups in total. The first kappa shape index (κ1) is 12.2. The van der Waals surface area contributed by atoms with Gasteiger partial charge in [-0.05, 0) is 18.6 Å². The summed E-state index contributed by atoms with van der Waals surface area (Å²) in [5.74, 6) is -0.586. The molecular weight excluding hydrogens is 228 g/mol. The van der Waals surface area contributed by atoms with Gasteiger partial charge in [0, 0.05) is 5.56 Å². The molecule has 0 fully saturated rings. The lowest BCUT2D eigenvalue weighted by Crippen LogP contribution is -2.01. The Labute approximate surface area is 106 Å². The molecule has 0 aliphatic carbocycles. The minimum atomic E-state index is -0.985. The topological polar surface area (TPSA) is 46.5 Å². The Balaban J connectivity index is 2.64. The summed E-state index contributed by atoms with van der Waals surface area (Å²) in [6.45, 7) is 2.00. The standard InChI is InChI=1S/C15H14O3/c1-10-5-3-6-11(9-10)12-7-4-8-13(15(16)17)14(12)18-2/h3-9H,1-2H3,(H,16,17). The van der Waals surface area contributed by atoms with Gasteiger partial charge in [0.25, 0.3) is 0 Å². The molecule has 0 amide bonds. The molecule has 0 spiro atoms. The van der Waals surface area contributed by atoms with Crippen molar-refractivity contribution < 1.29 is 14.6 Å². The smallest absolute Gasteiger partial charge is 0.339 e. The third-order valence-electron chi connectivity index (χ3n) is 2.78. The Morgan fingerprint density at radius 2 is 1.89 bits per heavy atom. The summed E-state index contributed by atoms with van der Waals surface area (Å²) in [6.07, 6.45) is 0. The van der Waals surface area contributed by atoms with E-state index in [-0.39, 0.29) is 5.56 Å². The zero-order valence-electron chi connectivity index (χ0n) is 10.3. The first-order valence-corrected chi connectivity index (χ1v) is 5.61. The van der Waals surface area contributed by atoms with Crippen LogP contribution in [0.25, 0.3) is 11.1 Å². The van der Waals surface area contributed by atoms with Gasteiger partial charge < -0.3 is 9.84 Å². The quantitative estimate of drug-likeness (QED) is 0.897. The molecule has 3 nitrogen and oxygen atoms in total. The lowest BCUT2D eigenvalue weighted by molar-refractivity contribution is 0.0693. The molecule has 0 unspecified atom stereocenters.